The Bertz CT molecular complexity index is 452. The van der Waals surface area contributed by atoms with Crippen LogP contribution in [-0.4, -0.2) is 37.5 Å². The van der Waals surface area contributed by atoms with E-state index in [1.165, 1.54) is 19.6 Å². The van der Waals surface area contributed by atoms with Gasteiger partial charge < -0.3 is 19.3 Å². The molecule has 20 heavy (non-hydrogen) atoms. The zero-order chi connectivity index (χ0) is 14.4. The van der Waals surface area contributed by atoms with E-state index in [-0.39, 0.29) is 11.7 Å². The molecule has 1 aromatic carbocycles. The van der Waals surface area contributed by atoms with E-state index in [1.807, 2.05) is 0 Å². The first kappa shape index (κ1) is 14.8. The quantitative estimate of drug-likeness (QED) is 0.867. The fourth-order valence-corrected chi connectivity index (χ4v) is 2.25. The highest BCUT2D eigenvalue weighted by molar-refractivity contribution is 5.90. The van der Waals surface area contributed by atoms with Crippen molar-refractivity contribution < 1.29 is 24.1 Å². The Morgan fingerprint density at radius 3 is 2.95 bits per heavy atom. The molecule has 1 N–H and O–H groups in total. The van der Waals surface area contributed by atoms with Gasteiger partial charge in [0.2, 0.25) is 0 Å². The lowest BCUT2D eigenvalue weighted by Crippen LogP contribution is -2.24. The minimum atomic E-state index is -0.995. The van der Waals surface area contributed by atoms with Crippen LogP contribution in [0.15, 0.2) is 18.2 Å². The van der Waals surface area contributed by atoms with Crippen molar-refractivity contribution in [3.05, 3.63) is 29.3 Å². The molecule has 0 aromatic heterocycles. The van der Waals surface area contributed by atoms with Crippen LogP contribution in [-0.2, 0) is 16.1 Å². The molecule has 2 rings (SSSR count). The van der Waals surface area contributed by atoms with Gasteiger partial charge in [0.25, 0.3) is 0 Å². The van der Waals surface area contributed by atoms with Crippen LogP contribution in [0.3, 0.4) is 0 Å². The molecule has 110 valence electrons. The van der Waals surface area contributed by atoms with Crippen molar-refractivity contribution in [3.63, 3.8) is 0 Å². The van der Waals surface area contributed by atoms with Gasteiger partial charge >= 0.3 is 5.97 Å². The summed E-state index contributed by atoms with van der Waals surface area (Å²) in [5.74, 6) is -0.641. The van der Waals surface area contributed by atoms with E-state index in [0.29, 0.717) is 19.0 Å². The highest BCUT2D eigenvalue weighted by Crippen LogP contribution is 2.21. The molecule has 0 radical (unpaired) electrons. The molecule has 1 aliphatic heterocycles. The van der Waals surface area contributed by atoms with Crippen LogP contribution in [0.2, 0.25) is 0 Å². The fraction of sp³-hybridized carbons (Fsp3) is 0.533. The number of benzene rings is 1. The molecule has 0 amide bonds. The molecule has 1 fully saturated rings. The number of rotatable bonds is 6. The van der Waals surface area contributed by atoms with Crippen molar-refractivity contribution in [3.8, 4) is 5.75 Å². The minimum absolute atomic E-state index is 0.159. The van der Waals surface area contributed by atoms with Crippen LogP contribution in [0, 0.1) is 0 Å². The van der Waals surface area contributed by atoms with Crippen molar-refractivity contribution in [2.45, 2.75) is 32.0 Å². The summed E-state index contributed by atoms with van der Waals surface area (Å²) in [5.41, 5.74) is 1.05. The molecule has 0 bridgehead atoms. The Kier molecular flexibility index (Phi) is 5.38. The molecular weight excluding hydrogens is 260 g/mol. The number of aromatic carboxylic acids is 1. The second-order valence-electron chi connectivity index (χ2n) is 4.84. The van der Waals surface area contributed by atoms with Crippen molar-refractivity contribution in [1.29, 1.82) is 0 Å². The fourth-order valence-electron chi connectivity index (χ4n) is 2.25. The first-order valence-corrected chi connectivity index (χ1v) is 6.80. The summed E-state index contributed by atoms with van der Waals surface area (Å²) in [6.45, 7) is 1.81. The third kappa shape index (κ3) is 3.95. The predicted octanol–water partition coefficient (Wildman–Crippen LogP) is 2.48. The molecular formula is C15H20O5. The summed E-state index contributed by atoms with van der Waals surface area (Å²) in [6.07, 6.45) is 3.55. The van der Waals surface area contributed by atoms with Crippen molar-refractivity contribution in [2.24, 2.45) is 0 Å². The zero-order valence-electron chi connectivity index (χ0n) is 11.6. The number of carbonyl (C=O) groups is 1. The number of carboxylic acid groups (broad SMARTS) is 1. The van der Waals surface area contributed by atoms with Gasteiger partial charge in [-0.2, -0.15) is 0 Å². The SMILES string of the molecule is COc1cc(COCC2CCCCO2)ccc1C(=O)O. The van der Waals surface area contributed by atoms with Gasteiger partial charge in [-0.1, -0.05) is 6.07 Å². The summed E-state index contributed by atoms with van der Waals surface area (Å²) in [6, 6.07) is 4.98. The largest absolute Gasteiger partial charge is 0.496 e. The zero-order valence-corrected chi connectivity index (χ0v) is 11.6. The Labute approximate surface area is 118 Å². The molecule has 1 heterocycles. The van der Waals surface area contributed by atoms with Gasteiger partial charge in [-0.15, -0.1) is 0 Å². The number of ether oxygens (including phenoxy) is 3. The summed E-state index contributed by atoms with van der Waals surface area (Å²) in [5, 5.41) is 9.01. The number of methoxy groups -OCH3 is 1. The number of hydrogen-bond donors (Lipinski definition) is 1. The average Bonchev–Trinajstić information content (AvgIpc) is 2.48. The second kappa shape index (κ2) is 7.26. The lowest BCUT2D eigenvalue weighted by atomic mass is 10.1. The Morgan fingerprint density at radius 1 is 1.45 bits per heavy atom. The molecule has 0 saturated carbocycles. The van der Waals surface area contributed by atoms with E-state index in [4.69, 9.17) is 19.3 Å². The van der Waals surface area contributed by atoms with Crippen LogP contribution in [0.25, 0.3) is 0 Å². The average molecular weight is 280 g/mol. The van der Waals surface area contributed by atoms with E-state index in [0.717, 1.165) is 25.0 Å². The Balaban J connectivity index is 1.87. The van der Waals surface area contributed by atoms with Crippen LogP contribution >= 0.6 is 0 Å². The van der Waals surface area contributed by atoms with Crippen LogP contribution in [0.5, 0.6) is 5.75 Å². The molecule has 1 saturated heterocycles. The second-order valence-corrected chi connectivity index (χ2v) is 4.84. The topological polar surface area (TPSA) is 65.0 Å². The maximum Gasteiger partial charge on any atom is 0.339 e. The molecule has 1 aliphatic rings. The van der Waals surface area contributed by atoms with Gasteiger partial charge in [-0.3, -0.25) is 0 Å². The Morgan fingerprint density at radius 2 is 2.30 bits per heavy atom. The first-order valence-electron chi connectivity index (χ1n) is 6.80. The van der Waals surface area contributed by atoms with Gasteiger partial charge in [-0.05, 0) is 37.0 Å². The van der Waals surface area contributed by atoms with Gasteiger partial charge in [0.1, 0.15) is 11.3 Å². The summed E-state index contributed by atoms with van der Waals surface area (Å²) >= 11 is 0. The van der Waals surface area contributed by atoms with Crippen LogP contribution in [0.1, 0.15) is 35.2 Å². The molecule has 0 aliphatic carbocycles. The molecule has 1 unspecified atom stereocenters. The lowest BCUT2D eigenvalue weighted by Gasteiger charge is -2.22. The number of hydrogen-bond acceptors (Lipinski definition) is 4. The van der Waals surface area contributed by atoms with Crippen molar-refractivity contribution >= 4 is 5.97 Å². The van der Waals surface area contributed by atoms with Crippen LogP contribution < -0.4 is 4.74 Å². The molecule has 1 atom stereocenters. The maximum atomic E-state index is 11.0. The molecule has 0 spiro atoms. The summed E-state index contributed by atoms with van der Waals surface area (Å²) < 4.78 is 16.3. The third-order valence-electron chi connectivity index (χ3n) is 3.34. The van der Waals surface area contributed by atoms with Gasteiger partial charge in [0, 0.05) is 6.61 Å². The summed E-state index contributed by atoms with van der Waals surface area (Å²) in [4.78, 5) is 11.0. The third-order valence-corrected chi connectivity index (χ3v) is 3.34. The van der Waals surface area contributed by atoms with Crippen molar-refractivity contribution in [2.75, 3.05) is 20.3 Å². The normalized spacial score (nSPS) is 18.8. The van der Waals surface area contributed by atoms with Crippen LogP contribution in [0.4, 0.5) is 0 Å². The van der Waals surface area contributed by atoms with Gasteiger partial charge in [0.05, 0.1) is 26.4 Å². The molecule has 1 aromatic rings. The van der Waals surface area contributed by atoms with E-state index >= 15 is 0 Å². The van der Waals surface area contributed by atoms with Gasteiger partial charge in [0.15, 0.2) is 0 Å². The predicted molar refractivity (Wildman–Crippen MR) is 73.2 cm³/mol. The van der Waals surface area contributed by atoms with Crippen molar-refractivity contribution in [1.82, 2.24) is 0 Å². The molecule has 5 heteroatoms. The standard InChI is InChI=1S/C15H20O5/c1-18-14-8-11(5-6-13(14)15(16)17)9-19-10-12-4-2-3-7-20-12/h5-6,8,12H,2-4,7,9-10H2,1H3,(H,16,17). The minimum Gasteiger partial charge on any atom is -0.496 e. The first-order chi connectivity index (χ1) is 9.70. The molecule has 5 nitrogen and oxygen atoms in total. The lowest BCUT2D eigenvalue weighted by molar-refractivity contribution is -0.0447. The maximum absolute atomic E-state index is 11.0. The smallest absolute Gasteiger partial charge is 0.339 e. The highest BCUT2D eigenvalue weighted by Gasteiger charge is 2.14. The highest BCUT2D eigenvalue weighted by atomic mass is 16.5. The summed E-state index contributed by atoms with van der Waals surface area (Å²) in [7, 11) is 1.46. The van der Waals surface area contributed by atoms with Gasteiger partial charge in [-0.25, -0.2) is 4.79 Å². The van der Waals surface area contributed by atoms with E-state index in [2.05, 4.69) is 0 Å². The Hall–Kier alpha value is -1.59. The van der Waals surface area contributed by atoms with E-state index < -0.39 is 5.97 Å². The monoisotopic (exact) mass is 280 g/mol. The number of carboxylic acids is 1. The van der Waals surface area contributed by atoms with E-state index in [9.17, 15) is 4.79 Å². The van der Waals surface area contributed by atoms with E-state index in [1.54, 1.807) is 12.1 Å².